The van der Waals surface area contributed by atoms with Crippen molar-refractivity contribution in [3.63, 3.8) is 0 Å². The number of alkyl halides is 6. The zero-order chi connectivity index (χ0) is 37.6. The van der Waals surface area contributed by atoms with Crippen LogP contribution in [-0.2, 0) is 6.42 Å². The molecule has 274 valence electrons. The molecule has 0 aliphatic rings. The fourth-order valence-electron chi connectivity index (χ4n) is 7.70. The van der Waals surface area contributed by atoms with Gasteiger partial charge in [-0.3, -0.25) is 0 Å². The summed E-state index contributed by atoms with van der Waals surface area (Å²) < 4.78 is 95.7. The summed E-state index contributed by atoms with van der Waals surface area (Å²) in [5.74, 6) is -1.71. The van der Waals surface area contributed by atoms with E-state index in [0.29, 0.717) is 45.2 Å². The van der Waals surface area contributed by atoms with Gasteiger partial charge in [-0.2, -0.15) is 26.3 Å². The van der Waals surface area contributed by atoms with Crippen molar-refractivity contribution in [1.29, 1.82) is 0 Å². The Labute approximate surface area is 306 Å². The molecule has 2 N–H and O–H groups in total. The Morgan fingerprint density at radius 2 is 1.07 bits per heavy atom. The molecule has 54 heavy (non-hydrogen) atoms. The fourth-order valence-corrected chi connectivity index (χ4v) is 7.70. The van der Waals surface area contributed by atoms with Gasteiger partial charge in [0.25, 0.3) is 0 Å². The molecule has 4 aromatic carbocycles. The third kappa shape index (κ3) is 7.20. The summed E-state index contributed by atoms with van der Waals surface area (Å²) in [5, 5.41) is 1.34. The van der Waals surface area contributed by atoms with E-state index in [1.165, 1.54) is 12.5 Å². The SMILES string of the molecule is Cc1ccc2c([C@H](CC(F)(F)F)c3ccco3)c(-c3cccc(Cc4ccc5c([C@@H](CC(F)(F)F)c6ccco6)c(-c6ccccc6)[nH]c5c4)c3)[nH]c2c1. The minimum Gasteiger partial charge on any atom is -0.469 e. The maximum atomic E-state index is 14.1. The molecule has 0 radical (unpaired) electrons. The molecular formula is C44H34F6N2O2. The summed E-state index contributed by atoms with van der Waals surface area (Å²) >= 11 is 0. The first kappa shape index (κ1) is 35.1. The van der Waals surface area contributed by atoms with Gasteiger partial charge < -0.3 is 18.8 Å². The summed E-state index contributed by atoms with van der Waals surface area (Å²) in [7, 11) is 0. The Morgan fingerprint density at radius 1 is 0.537 bits per heavy atom. The molecule has 10 heteroatoms. The topological polar surface area (TPSA) is 57.9 Å². The molecular weight excluding hydrogens is 702 g/mol. The van der Waals surface area contributed by atoms with Crippen molar-refractivity contribution in [3.8, 4) is 22.5 Å². The van der Waals surface area contributed by atoms with Crippen LogP contribution in [-0.4, -0.2) is 22.3 Å². The monoisotopic (exact) mass is 736 g/mol. The van der Waals surface area contributed by atoms with Gasteiger partial charge in [-0.15, -0.1) is 0 Å². The number of fused-ring (bicyclic) bond motifs is 2. The van der Waals surface area contributed by atoms with E-state index in [9.17, 15) is 26.3 Å². The summed E-state index contributed by atoms with van der Waals surface area (Å²) in [6.07, 6.45) is -7.86. The van der Waals surface area contributed by atoms with Crippen LogP contribution >= 0.6 is 0 Å². The number of rotatable bonds is 10. The van der Waals surface area contributed by atoms with E-state index in [-0.39, 0.29) is 11.5 Å². The third-order valence-corrected chi connectivity index (χ3v) is 9.93. The van der Waals surface area contributed by atoms with E-state index < -0.39 is 37.0 Å². The summed E-state index contributed by atoms with van der Waals surface area (Å²) in [5.41, 5.74) is 7.81. The molecule has 0 saturated carbocycles. The molecule has 0 saturated heterocycles. The fraction of sp³-hybridized carbons (Fsp3) is 0.182. The molecule has 0 bridgehead atoms. The lowest BCUT2D eigenvalue weighted by molar-refractivity contribution is -0.138. The predicted molar refractivity (Wildman–Crippen MR) is 197 cm³/mol. The number of hydrogen-bond donors (Lipinski definition) is 2. The molecule has 0 amide bonds. The maximum Gasteiger partial charge on any atom is 0.390 e. The molecule has 8 rings (SSSR count). The van der Waals surface area contributed by atoms with Gasteiger partial charge >= 0.3 is 12.4 Å². The van der Waals surface area contributed by atoms with Crippen LogP contribution in [0.5, 0.6) is 0 Å². The molecule has 0 unspecified atom stereocenters. The van der Waals surface area contributed by atoms with Gasteiger partial charge in [-0.1, -0.05) is 72.8 Å². The van der Waals surface area contributed by atoms with E-state index in [1.54, 1.807) is 24.3 Å². The molecule has 4 nitrogen and oxygen atoms in total. The van der Waals surface area contributed by atoms with Crippen molar-refractivity contribution < 1.29 is 35.2 Å². The van der Waals surface area contributed by atoms with Crippen molar-refractivity contribution in [2.45, 2.75) is 50.4 Å². The minimum atomic E-state index is -4.45. The van der Waals surface area contributed by atoms with Gasteiger partial charge in [0.15, 0.2) is 0 Å². The number of aromatic nitrogens is 2. The van der Waals surface area contributed by atoms with Crippen LogP contribution < -0.4 is 0 Å². The van der Waals surface area contributed by atoms with Gasteiger partial charge in [0.05, 0.1) is 48.6 Å². The number of H-pyrrole nitrogens is 2. The van der Waals surface area contributed by atoms with Crippen LogP contribution in [0.15, 0.2) is 137 Å². The third-order valence-electron chi connectivity index (χ3n) is 9.93. The quantitative estimate of drug-likeness (QED) is 0.137. The molecule has 0 aliphatic carbocycles. The molecule has 0 fully saturated rings. The van der Waals surface area contributed by atoms with Gasteiger partial charge in [0, 0.05) is 21.8 Å². The van der Waals surface area contributed by atoms with Crippen molar-refractivity contribution in [3.05, 3.63) is 167 Å². The van der Waals surface area contributed by atoms with E-state index in [4.69, 9.17) is 8.83 Å². The lowest BCUT2D eigenvalue weighted by Gasteiger charge is -2.19. The van der Waals surface area contributed by atoms with Crippen LogP contribution in [0.2, 0.25) is 0 Å². The average molecular weight is 737 g/mol. The Bertz CT molecular complexity index is 2520. The van der Waals surface area contributed by atoms with Gasteiger partial charge in [0.1, 0.15) is 11.5 Å². The highest BCUT2D eigenvalue weighted by Gasteiger charge is 2.38. The first-order valence-electron chi connectivity index (χ1n) is 17.5. The number of aromatic amines is 2. The molecule has 4 heterocycles. The number of nitrogens with one attached hydrogen (secondary N) is 2. The van der Waals surface area contributed by atoms with E-state index in [1.807, 2.05) is 97.9 Å². The minimum absolute atomic E-state index is 0.224. The number of halogens is 6. The predicted octanol–water partition coefficient (Wildman–Crippen LogP) is 13.2. The molecule has 2 atom stereocenters. The van der Waals surface area contributed by atoms with E-state index in [0.717, 1.165) is 33.3 Å². The zero-order valence-electron chi connectivity index (χ0n) is 29.0. The number of benzene rings is 4. The van der Waals surface area contributed by atoms with Crippen LogP contribution in [0.25, 0.3) is 44.3 Å². The smallest absolute Gasteiger partial charge is 0.390 e. The number of hydrogen-bond acceptors (Lipinski definition) is 2. The van der Waals surface area contributed by atoms with Crippen molar-refractivity contribution in [1.82, 2.24) is 9.97 Å². The highest BCUT2D eigenvalue weighted by molar-refractivity contribution is 5.93. The highest BCUT2D eigenvalue weighted by Crippen LogP contribution is 2.46. The Balaban J connectivity index is 1.20. The van der Waals surface area contributed by atoms with Crippen molar-refractivity contribution in [2.24, 2.45) is 0 Å². The Kier molecular flexibility index (Phi) is 9.00. The van der Waals surface area contributed by atoms with Gasteiger partial charge in [-0.25, -0.2) is 0 Å². The lowest BCUT2D eigenvalue weighted by atomic mass is 9.87. The molecule has 4 aromatic heterocycles. The second-order valence-electron chi connectivity index (χ2n) is 13.8. The van der Waals surface area contributed by atoms with Crippen LogP contribution in [0.4, 0.5) is 26.3 Å². The van der Waals surface area contributed by atoms with Gasteiger partial charge in [-0.05, 0) is 94.8 Å². The molecule has 0 spiro atoms. The number of furan rings is 2. The Hall–Kier alpha value is -5.90. The van der Waals surface area contributed by atoms with Crippen LogP contribution in [0.3, 0.4) is 0 Å². The van der Waals surface area contributed by atoms with E-state index >= 15 is 0 Å². The summed E-state index contributed by atoms with van der Waals surface area (Å²) in [4.78, 5) is 6.85. The zero-order valence-corrected chi connectivity index (χ0v) is 29.0. The normalized spacial score (nSPS) is 13.5. The first-order chi connectivity index (χ1) is 25.9. The van der Waals surface area contributed by atoms with Crippen LogP contribution in [0.1, 0.15) is 64.0 Å². The second-order valence-corrected chi connectivity index (χ2v) is 13.8. The van der Waals surface area contributed by atoms with Crippen LogP contribution in [0, 0.1) is 6.92 Å². The first-order valence-corrected chi connectivity index (χ1v) is 17.5. The molecule has 8 aromatic rings. The average Bonchev–Trinajstić information content (AvgIpc) is 3.96. The van der Waals surface area contributed by atoms with Crippen molar-refractivity contribution >= 4 is 21.8 Å². The highest BCUT2D eigenvalue weighted by atomic mass is 19.4. The lowest BCUT2D eigenvalue weighted by Crippen LogP contribution is -2.15. The summed E-state index contributed by atoms with van der Waals surface area (Å²) in [6.45, 7) is 1.93. The van der Waals surface area contributed by atoms with E-state index in [2.05, 4.69) is 9.97 Å². The van der Waals surface area contributed by atoms with Gasteiger partial charge in [0.2, 0.25) is 0 Å². The molecule has 0 aliphatic heterocycles. The standard InChI is InChI=1S/C44H34F6N2O2/c1-26-14-16-31-35(20-26)51-42(40(31)34(25-44(48,49)50)38-13-7-19-54-38)30-11-5-8-27(22-30)21-28-15-17-32-36(23-28)52-41(29-9-3-2-4-10-29)39(32)33(24-43(45,46)47)37-12-6-18-53-37/h2-20,22-23,33-34,51-52H,21,24-25H2,1H3/t33-,34+/m0/s1. The second kappa shape index (κ2) is 13.8. The van der Waals surface area contributed by atoms with Crippen molar-refractivity contribution in [2.75, 3.05) is 0 Å². The number of aryl methyl sites for hydroxylation is 1. The maximum absolute atomic E-state index is 14.1. The Morgan fingerprint density at radius 3 is 1.65 bits per heavy atom. The summed E-state index contributed by atoms with van der Waals surface area (Å²) in [6, 6.07) is 34.6. The largest absolute Gasteiger partial charge is 0.469 e.